The van der Waals surface area contributed by atoms with Gasteiger partial charge in [0.2, 0.25) is 0 Å². The topological polar surface area (TPSA) is 49.7 Å². The number of aliphatic carboxylic acids is 1. The zero-order chi connectivity index (χ0) is 9.68. The van der Waals surface area contributed by atoms with Crippen molar-refractivity contribution >= 4 is 17.4 Å². The number of carboxylic acid groups (broad SMARTS) is 1. The van der Waals surface area contributed by atoms with Crippen LogP contribution in [0.15, 0.2) is 35.3 Å². The molecule has 0 aliphatic rings. The molecule has 0 radical (unpaired) electrons. The Morgan fingerprint density at radius 3 is 2.54 bits per heavy atom. The zero-order valence-electron chi connectivity index (χ0n) is 7.40. The molecule has 0 spiro atoms. The zero-order valence-corrected chi connectivity index (χ0v) is 7.40. The number of aliphatic imine (C=N–C) groups is 1. The highest BCUT2D eigenvalue weighted by molar-refractivity contribution is 5.97. The van der Waals surface area contributed by atoms with Crippen molar-refractivity contribution in [2.24, 2.45) is 4.99 Å². The van der Waals surface area contributed by atoms with Gasteiger partial charge >= 0.3 is 5.97 Å². The third-order valence-electron chi connectivity index (χ3n) is 1.48. The summed E-state index contributed by atoms with van der Waals surface area (Å²) in [6, 6.07) is 9.31. The first kappa shape index (κ1) is 9.45. The molecule has 0 atom stereocenters. The van der Waals surface area contributed by atoms with Gasteiger partial charge in [-0.1, -0.05) is 18.2 Å². The Kier molecular flexibility index (Phi) is 3.20. The lowest BCUT2D eigenvalue weighted by molar-refractivity contribution is -0.135. The number of hydrogen-bond donors (Lipinski definition) is 1. The number of carboxylic acids is 1. The van der Waals surface area contributed by atoms with Gasteiger partial charge in [-0.05, 0) is 19.1 Å². The molecule has 1 aromatic rings. The molecule has 68 valence electrons. The van der Waals surface area contributed by atoms with Gasteiger partial charge in [0, 0.05) is 5.71 Å². The van der Waals surface area contributed by atoms with Gasteiger partial charge < -0.3 is 5.11 Å². The minimum atomic E-state index is -0.850. The molecule has 0 saturated heterocycles. The predicted molar refractivity (Wildman–Crippen MR) is 51.5 cm³/mol. The Labute approximate surface area is 76.7 Å². The van der Waals surface area contributed by atoms with Gasteiger partial charge in [0.05, 0.1) is 12.1 Å². The van der Waals surface area contributed by atoms with E-state index in [0.29, 0.717) is 5.71 Å². The Hall–Kier alpha value is -1.64. The van der Waals surface area contributed by atoms with E-state index < -0.39 is 5.97 Å². The Bertz CT molecular complexity index is 317. The summed E-state index contributed by atoms with van der Waals surface area (Å²) in [5.74, 6) is -0.850. The smallest absolute Gasteiger partial charge is 0.309 e. The van der Waals surface area contributed by atoms with Crippen LogP contribution in [0.3, 0.4) is 0 Å². The van der Waals surface area contributed by atoms with Crippen molar-refractivity contribution in [3.8, 4) is 0 Å². The summed E-state index contributed by atoms with van der Waals surface area (Å²) >= 11 is 0. The molecule has 0 bridgehead atoms. The fraction of sp³-hybridized carbons (Fsp3) is 0.200. The molecule has 0 fully saturated rings. The third-order valence-corrected chi connectivity index (χ3v) is 1.48. The number of rotatable bonds is 3. The molecule has 1 N–H and O–H groups in total. The number of nitrogens with zero attached hydrogens (tertiary/aromatic N) is 1. The summed E-state index contributed by atoms with van der Waals surface area (Å²) < 4.78 is 0. The van der Waals surface area contributed by atoms with Crippen molar-refractivity contribution in [3.63, 3.8) is 0 Å². The largest absolute Gasteiger partial charge is 0.481 e. The van der Waals surface area contributed by atoms with Crippen molar-refractivity contribution in [2.75, 3.05) is 0 Å². The summed E-state index contributed by atoms with van der Waals surface area (Å²) in [5, 5.41) is 8.48. The predicted octanol–water partition coefficient (Wildman–Crippen LogP) is 2.25. The maximum Gasteiger partial charge on any atom is 0.309 e. The molecule has 0 heterocycles. The lowest BCUT2D eigenvalue weighted by Gasteiger charge is -1.96. The second-order valence-corrected chi connectivity index (χ2v) is 2.75. The van der Waals surface area contributed by atoms with E-state index in [1.807, 2.05) is 30.3 Å². The van der Waals surface area contributed by atoms with E-state index in [4.69, 9.17) is 5.11 Å². The molecular formula is C10H11NO2. The molecular weight excluding hydrogens is 166 g/mol. The molecule has 1 aromatic carbocycles. The molecule has 13 heavy (non-hydrogen) atoms. The number of para-hydroxylation sites is 1. The minimum Gasteiger partial charge on any atom is -0.481 e. The van der Waals surface area contributed by atoms with Gasteiger partial charge in [-0.3, -0.25) is 9.79 Å². The van der Waals surface area contributed by atoms with Crippen LogP contribution in [0.4, 0.5) is 5.69 Å². The quantitative estimate of drug-likeness (QED) is 0.720. The van der Waals surface area contributed by atoms with Gasteiger partial charge in [-0.25, -0.2) is 0 Å². The van der Waals surface area contributed by atoms with Crippen LogP contribution in [0.2, 0.25) is 0 Å². The van der Waals surface area contributed by atoms with Crippen LogP contribution in [0.25, 0.3) is 0 Å². The SMILES string of the molecule is C/C(CC(=O)O)=N\c1ccccc1. The van der Waals surface area contributed by atoms with Crippen LogP contribution in [-0.4, -0.2) is 16.8 Å². The first-order valence-corrected chi connectivity index (χ1v) is 3.99. The van der Waals surface area contributed by atoms with Crippen molar-refractivity contribution in [1.29, 1.82) is 0 Å². The lowest BCUT2D eigenvalue weighted by atomic mass is 10.3. The Balaban J connectivity index is 2.71. The van der Waals surface area contributed by atoms with E-state index in [1.165, 1.54) is 0 Å². The first-order chi connectivity index (χ1) is 6.18. The minimum absolute atomic E-state index is 0.00507. The highest BCUT2D eigenvalue weighted by Gasteiger charge is 1.99. The van der Waals surface area contributed by atoms with Crippen LogP contribution < -0.4 is 0 Å². The maximum atomic E-state index is 10.3. The van der Waals surface area contributed by atoms with Crippen molar-refractivity contribution in [1.82, 2.24) is 0 Å². The van der Waals surface area contributed by atoms with E-state index in [1.54, 1.807) is 6.92 Å². The summed E-state index contributed by atoms with van der Waals surface area (Å²) in [7, 11) is 0. The summed E-state index contributed by atoms with van der Waals surface area (Å²) in [6.07, 6.45) is -0.00507. The fourth-order valence-corrected chi connectivity index (χ4v) is 0.981. The monoisotopic (exact) mass is 177 g/mol. The van der Waals surface area contributed by atoms with Crippen LogP contribution >= 0.6 is 0 Å². The average molecular weight is 177 g/mol. The van der Waals surface area contributed by atoms with E-state index in [2.05, 4.69) is 4.99 Å². The normalized spacial score (nSPS) is 11.3. The number of hydrogen-bond acceptors (Lipinski definition) is 2. The van der Waals surface area contributed by atoms with E-state index >= 15 is 0 Å². The van der Waals surface area contributed by atoms with E-state index in [9.17, 15) is 4.79 Å². The van der Waals surface area contributed by atoms with Crippen LogP contribution in [0.1, 0.15) is 13.3 Å². The third kappa shape index (κ3) is 3.51. The van der Waals surface area contributed by atoms with Crippen LogP contribution in [-0.2, 0) is 4.79 Å². The molecule has 0 amide bonds. The van der Waals surface area contributed by atoms with Gasteiger partial charge in [0.25, 0.3) is 0 Å². The maximum absolute atomic E-state index is 10.3. The van der Waals surface area contributed by atoms with Crippen LogP contribution in [0, 0.1) is 0 Å². The molecule has 0 aliphatic heterocycles. The molecule has 0 unspecified atom stereocenters. The fourth-order valence-electron chi connectivity index (χ4n) is 0.981. The Morgan fingerprint density at radius 1 is 1.38 bits per heavy atom. The molecule has 0 saturated carbocycles. The summed E-state index contributed by atoms with van der Waals surface area (Å²) in [5.41, 5.74) is 1.40. The second-order valence-electron chi connectivity index (χ2n) is 2.75. The first-order valence-electron chi connectivity index (χ1n) is 3.99. The average Bonchev–Trinajstić information content (AvgIpc) is 2.04. The highest BCUT2D eigenvalue weighted by atomic mass is 16.4. The van der Waals surface area contributed by atoms with E-state index in [-0.39, 0.29) is 6.42 Å². The summed E-state index contributed by atoms with van der Waals surface area (Å²) in [6.45, 7) is 1.71. The Morgan fingerprint density at radius 2 is 2.00 bits per heavy atom. The van der Waals surface area contributed by atoms with Crippen molar-refractivity contribution in [3.05, 3.63) is 30.3 Å². The molecule has 3 nitrogen and oxygen atoms in total. The summed E-state index contributed by atoms with van der Waals surface area (Å²) in [4.78, 5) is 14.5. The molecule has 0 aromatic heterocycles. The molecule has 3 heteroatoms. The van der Waals surface area contributed by atoms with Crippen molar-refractivity contribution < 1.29 is 9.90 Å². The molecule has 0 aliphatic carbocycles. The van der Waals surface area contributed by atoms with Gasteiger partial charge in [-0.15, -0.1) is 0 Å². The lowest BCUT2D eigenvalue weighted by Crippen LogP contribution is -2.01. The number of benzene rings is 1. The van der Waals surface area contributed by atoms with Gasteiger partial charge in [0.15, 0.2) is 0 Å². The van der Waals surface area contributed by atoms with Gasteiger partial charge in [0.1, 0.15) is 0 Å². The van der Waals surface area contributed by atoms with Crippen molar-refractivity contribution in [2.45, 2.75) is 13.3 Å². The van der Waals surface area contributed by atoms with Crippen LogP contribution in [0.5, 0.6) is 0 Å². The van der Waals surface area contributed by atoms with Gasteiger partial charge in [-0.2, -0.15) is 0 Å². The highest BCUT2D eigenvalue weighted by Crippen LogP contribution is 2.10. The number of carbonyl (C=O) groups is 1. The second kappa shape index (κ2) is 4.40. The molecule has 1 rings (SSSR count). The van der Waals surface area contributed by atoms with E-state index in [0.717, 1.165) is 5.69 Å². The standard InChI is InChI=1S/C10H11NO2/c1-8(7-10(12)13)11-9-5-3-2-4-6-9/h2-6H,7H2,1H3,(H,12,13)/b11-8+.